The average Bonchev–Trinajstić information content (AvgIpc) is 2.40. The van der Waals surface area contributed by atoms with Crippen molar-refractivity contribution in [3.63, 3.8) is 0 Å². The van der Waals surface area contributed by atoms with Gasteiger partial charge in [0.15, 0.2) is 0 Å². The number of pyridine rings is 1. The smallest absolute Gasteiger partial charge is 0.243 e. The summed E-state index contributed by atoms with van der Waals surface area (Å²) < 4.78 is 0. The molecule has 0 aliphatic rings. The van der Waals surface area contributed by atoms with Crippen molar-refractivity contribution in [3.8, 4) is 0 Å². The molecule has 2 amide bonds. The number of amides is 2. The molecule has 0 atom stereocenters. The first-order chi connectivity index (χ1) is 9.22. The van der Waals surface area contributed by atoms with Crippen LogP contribution in [0.4, 0.5) is 5.69 Å². The van der Waals surface area contributed by atoms with Gasteiger partial charge in [0.05, 0.1) is 11.9 Å². The minimum absolute atomic E-state index is 0.161. The van der Waals surface area contributed by atoms with E-state index in [2.05, 4.69) is 15.6 Å². The van der Waals surface area contributed by atoms with E-state index in [0.717, 1.165) is 0 Å². The van der Waals surface area contributed by atoms with Crippen LogP contribution in [0.5, 0.6) is 0 Å². The van der Waals surface area contributed by atoms with E-state index in [4.69, 9.17) is 0 Å². The second kappa shape index (κ2) is 8.63. The van der Waals surface area contributed by atoms with Gasteiger partial charge in [0, 0.05) is 25.2 Å². The van der Waals surface area contributed by atoms with Gasteiger partial charge in [-0.05, 0) is 19.1 Å². The molecule has 0 bridgehead atoms. The maximum absolute atomic E-state index is 11.5. The number of anilines is 1. The predicted octanol–water partition coefficient (Wildman–Crippen LogP) is 1.66. The number of rotatable bonds is 6. The SMILES string of the molecule is C/C=C/C=C\C(=O)NCCC(=O)Nc1cccnc1. The molecule has 0 saturated heterocycles. The maximum atomic E-state index is 11.5. The monoisotopic (exact) mass is 259 g/mol. The number of allylic oxidation sites excluding steroid dienone is 3. The molecule has 0 saturated carbocycles. The summed E-state index contributed by atoms with van der Waals surface area (Å²) in [6.07, 6.45) is 10.1. The molecule has 100 valence electrons. The molecule has 5 nitrogen and oxygen atoms in total. The predicted molar refractivity (Wildman–Crippen MR) is 74.4 cm³/mol. The van der Waals surface area contributed by atoms with Crippen LogP contribution in [0.15, 0.2) is 48.8 Å². The molecule has 0 unspecified atom stereocenters. The number of hydrogen-bond acceptors (Lipinski definition) is 3. The van der Waals surface area contributed by atoms with Gasteiger partial charge in [-0.3, -0.25) is 14.6 Å². The second-order valence-corrected chi connectivity index (χ2v) is 3.72. The molecule has 0 aromatic carbocycles. The topological polar surface area (TPSA) is 71.1 Å². The quantitative estimate of drug-likeness (QED) is 0.603. The van der Waals surface area contributed by atoms with E-state index >= 15 is 0 Å². The molecule has 0 aliphatic carbocycles. The Balaban J connectivity index is 2.22. The van der Waals surface area contributed by atoms with Crippen molar-refractivity contribution in [1.29, 1.82) is 0 Å². The van der Waals surface area contributed by atoms with E-state index in [1.165, 1.54) is 6.08 Å². The number of nitrogens with one attached hydrogen (secondary N) is 2. The van der Waals surface area contributed by atoms with Gasteiger partial charge in [0.1, 0.15) is 0 Å². The average molecular weight is 259 g/mol. The lowest BCUT2D eigenvalue weighted by atomic mass is 10.3. The van der Waals surface area contributed by atoms with E-state index in [9.17, 15) is 9.59 Å². The van der Waals surface area contributed by atoms with Crippen molar-refractivity contribution in [3.05, 3.63) is 48.8 Å². The van der Waals surface area contributed by atoms with Crippen LogP contribution in [0, 0.1) is 0 Å². The van der Waals surface area contributed by atoms with Crippen molar-refractivity contribution in [2.24, 2.45) is 0 Å². The molecule has 0 aliphatic heterocycles. The van der Waals surface area contributed by atoms with Crippen LogP contribution in [0.2, 0.25) is 0 Å². The van der Waals surface area contributed by atoms with Gasteiger partial charge in [-0.15, -0.1) is 0 Å². The van der Waals surface area contributed by atoms with Crippen LogP contribution in [0.1, 0.15) is 13.3 Å². The van der Waals surface area contributed by atoms with Crippen LogP contribution in [-0.2, 0) is 9.59 Å². The van der Waals surface area contributed by atoms with Crippen molar-refractivity contribution >= 4 is 17.5 Å². The third-order valence-electron chi connectivity index (χ3n) is 2.15. The first kappa shape index (κ1) is 14.6. The molecule has 2 N–H and O–H groups in total. The van der Waals surface area contributed by atoms with E-state index in [0.29, 0.717) is 12.2 Å². The normalized spacial score (nSPS) is 10.8. The zero-order valence-corrected chi connectivity index (χ0v) is 10.8. The summed E-state index contributed by atoms with van der Waals surface area (Å²) in [6, 6.07) is 3.49. The van der Waals surface area contributed by atoms with Gasteiger partial charge in [0.25, 0.3) is 0 Å². The minimum atomic E-state index is -0.215. The third kappa shape index (κ3) is 6.78. The van der Waals surface area contributed by atoms with Gasteiger partial charge in [-0.2, -0.15) is 0 Å². The Morgan fingerprint density at radius 1 is 1.37 bits per heavy atom. The fraction of sp³-hybridized carbons (Fsp3) is 0.214. The molecule has 1 heterocycles. The van der Waals surface area contributed by atoms with Crippen LogP contribution < -0.4 is 10.6 Å². The summed E-state index contributed by atoms with van der Waals surface area (Å²) in [7, 11) is 0. The molecule has 1 rings (SSSR count). The summed E-state index contributed by atoms with van der Waals surface area (Å²) in [6.45, 7) is 2.16. The highest BCUT2D eigenvalue weighted by Crippen LogP contribution is 2.02. The van der Waals surface area contributed by atoms with Gasteiger partial charge >= 0.3 is 0 Å². The number of hydrogen-bond donors (Lipinski definition) is 2. The highest BCUT2D eigenvalue weighted by Gasteiger charge is 2.02. The standard InChI is InChI=1S/C14H17N3O2/c1-2-3-4-7-13(18)16-10-8-14(19)17-12-6-5-9-15-11-12/h2-7,9,11H,8,10H2,1H3,(H,16,18)(H,17,19)/b3-2+,7-4-. The van der Waals surface area contributed by atoms with Crippen molar-refractivity contribution in [1.82, 2.24) is 10.3 Å². The molecule has 0 radical (unpaired) electrons. The fourth-order valence-corrected chi connectivity index (χ4v) is 1.27. The number of nitrogens with zero attached hydrogens (tertiary/aromatic N) is 1. The summed E-state index contributed by atoms with van der Waals surface area (Å²) >= 11 is 0. The van der Waals surface area contributed by atoms with Gasteiger partial charge in [-0.1, -0.05) is 18.2 Å². The summed E-state index contributed by atoms with van der Waals surface area (Å²) in [4.78, 5) is 26.7. The lowest BCUT2D eigenvalue weighted by Gasteiger charge is -2.04. The van der Waals surface area contributed by atoms with Gasteiger partial charge in [-0.25, -0.2) is 0 Å². The fourth-order valence-electron chi connectivity index (χ4n) is 1.27. The molecule has 0 spiro atoms. The molecule has 1 aromatic heterocycles. The van der Waals surface area contributed by atoms with Crippen LogP contribution in [-0.4, -0.2) is 23.3 Å². The molecule has 1 aromatic rings. The first-order valence-corrected chi connectivity index (χ1v) is 5.99. The van der Waals surface area contributed by atoms with Crippen molar-refractivity contribution in [2.75, 3.05) is 11.9 Å². The van der Waals surface area contributed by atoms with Gasteiger partial charge < -0.3 is 10.6 Å². The Hall–Kier alpha value is -2.43. The summed E-state index contributed by atoms with van der Waals surface area (Å²) in [5.74, 6) is -0.377. The van der Waals surface area contributed by atoms with Gasteiger partial charge in [0.2, 0.25) is 11.8 Å². The highest BCUT2D eigenvalue weighted by atomic mass is 16.2. The van der Waals surface area contributed by atoms with Crippen LogP contribution >= 0.6 is 0 Å². The minimum Gasteiger partial charge on any atom is -0.352 e. The summed E-state index contributed by atoms with van der Waals surface area (Å²) in [5.41, 5.74) is 0.645. The van der Waals surface area contributed by atoms with Crippen LogP contribution in [0.25, 0.3) is 0 Å². The molecular weight excluding hydrogens is 242 g/mol. The van der Waals surface area contributed by atoms with E-state index < -0.39 is 0 Å². The van der Waals surface area contributed by atoms with E-state index in [1.54, 1.807) is 36.7 Å². The highest BCUT2D eigenvalue weighted by molar-refractivity contribution is 5.91. The van der Waals surface area contributed by atoms with Crippen molar-refractivity contribution < 1.29 is 9.59 Å². The Kier molecular flexibility index (Phi) is 6.65. The zero-order chi connectivity index (χ0) is 13.9. The Morgan fingerprint density at radius 3 is 2.89 bits per heavy atom. The lowest BCUT2D eigenvalue weighted by molar-refractivity contribution is -0.117. The van der Waals surface area contributed by atoms with Crippen molar-refractivity contribution in [2.45, 2.75) is 13.3 Å². The second-order valence-electron chi connectivity index (χ2n) is 3.72. The Bertz CT molecular complexity index is 467. The number of aromatic nitrogens is 1. The third-order valence-corrected chi connectivity index (χ3v) is 2.15. The largest absolute Gasteiger partial charge is 0.352 e. The molecule has 19 heavy (non-hydrogen) atoms. The number of carbonyl (C=O) groups excluding carboxylic acids is 2. The lowest BCUT2D eigenvalue weighted by Crippen LogP contribution is -2.26. The van der Waals surface area contributed by atoms with E-state index in [-0.39, 0.29) is 18.2 Å². The number of carbonyl (C=O) groups is 2. The molecular formula is C14H17N3O2. The summed E-state index contributed by atoms with van der Waals surface area (Å²) in [5, 5.41) is 5.31. The molecule has 5 heteroatoms. The van der Waals surface area contributed by atoms with Crippen LogP contribution in [0.3, 0.4) is 0 Å². The maximum Gasteiger partial charge on any atom is 0.243 e. The zero-order valence-electron chi connectivity index (χ0n) is 10.8. The van der Waals surface area contributed by atoms with E-state index in [1.807, 2.05) is 13.0 Å². The Labute approximate surface area is 112 Å². The molecule has 0 fully saturated rings. The first-order valence-electron chi connectivity index (χ1n) is 5.99. The Morgan fingerprint density at radius 2 is 2.21 bits per heavy atom.